The van der Waals surface area contributed by atoms with Gasteiger partial charge in [-0.25, -0.2) is 16.8 Å². The van der Waals surface area contributed by atoms with E-state index in [0.717, 1.165) is 23.8 Å². The van der Waals surface area contributed by atoms with Gasteiger partial charge in [-0.3, -0.25) is 4.72 Å². The fourth-order valence-electron chi connectivity index (χ4n) is 3.14. The zero-order valence-electron chi connectivity index (χ0n) is 15.7. The highest BCUT2D eigenvalue weighted by Gasteiger charge is 2.28. The topological polar surface area (TPSA) is 83.6 Å². The van der Waals surface area contributed by atoms with Gasteiger partial charge < -0.3 is 0 Å². The van der Waals surface area contributed by atoms with E-state index in [0.29, 0.717) is 24.7 Å². The number of piperidine rings is 1. The predicted octanol–water partition coefficient (Wildman–Crippen LogP) is 3.52. The summed E-state index contributed by atoms with van der Waals surface area (Å²) in [6.45, 7) is 3.08. The minimum Gasteiger partial charge on any atom is -0.280 e. The Morgan fingerprint density at radius 2 is 1.68 bits per heavy atom. The zero-order valence-corrected chi connectivity index (χ0v) is 17.3. The van der Waals surface area contributed by atoms with Gasteiger partial charge in [0, 0.05) is 18.8 Å². The van der Waals surface area contributed by atoms with Gasteiger partial charge in [0.1, 0.15) is 0 Å². The Morgan fingerprint density at radius 1 is 1.00 bits per heavy atom. The van der Waals surface area contributed by atoms with Crippen LogP contribution in [0.2, 0.25) is 0 Å². The molecule has 2 aromatic rings. The first-order chi connectivity index (χ1) is 13.3. The SMILES string of the molecule is CC1CCCN(S(=O)(=O)c2ccc(NS(=O)(=O)C=Cc3ccccc3)cc2)C1. The van der Waals surface area contributed by atoms with E-state index >= 15 is 0 Å². The Morgan fingerprint density at radius 3 is 2.32 bits per heavy atom. The Kier molecular flexibility index (Phi) is 6.22. The number of anilines is 1. The van der Waals surface area contributed by atoms with Crippen LogP contribution >= 0.6 is 0 Å². The minimum atomic E-state index is -3.70. The quantitative estimate of drug-likeness (QED) is 0.775. The molecule has 0 amide bonds. The van der Waals surface area contributed by atoms with Crippen LogP contribution in [0.5, 0.6) is 0 Å². The predicted molar refractivity (Wildman–Crippen MR) is 112 cm³/mol. The summed E-state index contributed by atoms with van der Waals surface area (Å²) < 4.78 is 53.9. The fourth-order valence-corrected chi connectivity index (χ4v) is 5.61. The maximum absolute atomic E-state index is 12.8. The van der Waals surface area contributed by atoms with Crippen molar-refractivity contribution in [3.63, 3.8) is 0 Å². The zero-order chi connectivity index (χ0) is 20.2. The summed E-state index contributed by atoms with van der Waals surface area (Å²) in [5, 5.41) is 1.09. The first kappa shape index (κ1) is 20.6. The third kappa shape index (κ3) is 5.21. The van der Waals surface area contributed by atoms with Gasteiger partial charge in [0.2, 0.25) is 10.0 Å². The van der Waals surface area contributed by atoms with Gasteiger partial charge in [0.05, 0.1) is 10.3 Å². The second-order valence-electron chi connectivity index (χ2n) is 7.00. The molecule has 0 radical (unpaired) electrons. The van der Waals surface area contributed by atoms with E-state index in [2.05, 4.69) is 4.72 Å². The van der Waals surface area contributed by atoms with E-state index < -0.39 is 20.0 Å². The van der Waals surface area contributed by atoms with Crippen molar-refractivity contribution < 1.29 is 16.8 Å². The molecule has 2 aromatic carbocycles. The third-order valence-electron chi connectivity index (χ3n) is 4.61. The molecule has 3 rings (SSSR count). The second-order valence-corrected chi connectivity index (χ2v) is 10.5. The summed E-state index contributed by atoms with van der Waals surface area (Å²) in [5.41, 5.74) is 1.08. The molecule has 8 heteroatoms. The number of sulfonamides is 2. The van der Waals surface area contributed by atoms with Crippen LogP contribution in [0.3, 0.4) is 0 Å². The minimum absolute atomic E-state index is 0.171. The molecular formula is C20H24N2O4S2. The smallest absolute Gasteiger partial charge is 0.255 e. The molecule has 28 heavy (non-hydrogen) atoms. The summed E-state index contributed by atoms with van der Waals surface area (Å²) in [6.07, 6.45) is 3.38. The number of benzene rings is 2. The molecular weight excluding hydrogens is 396 g/mol. The van der Waals surface area contributed by atoms with Gasteiger partial charge in [-0.2, -0.15) is 4.31 Å². The lowest BCUT2D eigenvalue weighted by Crippen LogP contribution is -2.39. The molecule has 1 heterocycles. The van der Waals surface area contributed by atoms with Crippen molar-refractivity contribution in [2.24, 2.45) is 5.92 Å². The lowest BCUT2D eigenvalue weighted by Gasteiger charge is -2.30. The van der Waals surface area contributed by atoms with Crippen molar-refractivity contribution in [3.8, 4) is 0 Å². The Balaban J connectivity index is 1.71. The number of hydrogen-bond donors (Lipinski definition) is 1. The van der Waals surface area contributed by atoms with E-state index in [1.807, 2.05) is 25.1 Å². The number of nitrogens with one attached hydrogen (secondary N) is 1. The van der Waals surface area contributed by atoms with E-state index in [9.17, 15) is 16.8 Å². The molecule has 1 saturated heterocycles. The molecule has 150 valence electrons. The van der Waals surface area contributed by atoms with E-state index in [1.165, 1.54) is 34.6 Å². The number of rotatable bonds is 6. The maximum atomic E-state index is 12.8. The average molecular weight is 421 g/mol. The highest BCUT2D eigenvalue weighted by atomic mass is 32.2. The van der Waals surface area contributed by atoms with Crippen LogP contribution < -0.4 is 4.72 Å². The first-order valence-electron chi connectivity index (χ1n) is 9.12. The highest BCUT2D eigenvalue weighted by molar-refractivity contribution is 7.95. The van der Waals surface area contributed by atoms with Crippen LogP contribution in [0, 0.1) is 5.92 Å². The van der Waals surface area contributed by atoms with Crippen molar-refractivity contribution in [2.75, 3.05) is 17.8 Å². The van der Waals surface area contributed by atoms with Crippen molar-refractivity contribution in [1.82, 2.24) is 4.31 Å². The van der Waals surface area contributed by atoms with Crippen LogP contribution in [0.25, 0.3) is 6.08 Å². The largest absolute Gasteiger partial charge is 0.280 e. The molecule has 1 aliphatic heterocycles. The molecule has 0 aromatic heterocycles. The van der Waals surface area contributed by atoms with Crippen LogP contribution in [-0.4, -0.2) is 34.2 Å². The summed E-state index contributed by atoms with van der Waals surface area (Å²) in [4.78, 5) is 0.171. The molecule has 0 aliphatic carbocycles. The monoisotopic (exact) mass is 420 g/mol. The summed E-state index contributed by atoms with van der Waals surface area (Å²) in [5.74, 6) is 0.339. The van der Waals surface area contributed by atoms with E-state index in [4.69, 9.17) is 0 Å². The molecule has 0 spiro atoms. The average Bonchev–Trinajstić information content (AvgIpc) is 2.67. The lowest BCUT2D eigenvalue weighted by molar-refractivity contribution is 0.281. The molecule has 1 fully saturated rings. The van der Waals surface area contributed by atoms with Crippen LogP contribution in [-0.2, 0) is 20.0 Å². The molecule has 0 saturated carbocycles. The Labute approximate surface area is 167 Å². The maximum Gasteiger partial charge on any atom is 0.255 e. The van der Waals surface area contributed by atoms with Crippen molar-refractivity contribution in [1.29, 1.82) is 0 Å². The van der Waals surface area contributed by atoms with Crippen LogP contribution in [0.4, 0.5) is 5.69 Å². The van der Waals surface area contributed by atoms with E-state index in [1.54, 1.807) is 12.1 Å². The summed E-state index contributed by atoms with van der Waals surface area (Å²) in [6, 6.07) is 14.9. The number of nitrogens with zero attached hydrogens (tertiary/aromatic N) is 1. The molecule has 0 bridgehead atoms. The van der Waals surface area contributed by atoms with Crippen molar-refractivity contribution in [2.45, 2.75) is 24.7 Å². The van der Waals surface area contributed by atoms with Crippen LogP contribution in [0.1, 0.15) is 25.3 Å². The summed E-state index contributed by atoms with van der Waals surface area (Å²) in [7, 11) is -7.26. The second kappa shape index (κ2) is 8.46. The molecule has 1 aliphatic rings. The van der Waals surface area contributed by atoms with Crippen molar-refractivity contribution >= 4 is 31.8 Å². The molecule has 1 unspecified atom stereocenters. The van der Waals surface area contributed by atoms with Gasteiger partial charge in [0.15, 0.2) is 0 Å². The number of hydrogen-bond acceptors (Lipinski definition) is 4. The Bertz CT molecular complexity index is 1030. The van der Waals surface area contributed by atoms with Crippen molar-refractivity contribution in [3.05, 3.63) is 65.6 Å². The van der Waals surface area contributed by atoms with Gasteiger partial charge in [-0.1, -0.05) is 37.3 Å². The van der Waals surface area contributed by atoms with Crippen LogP contribution in [0.15, 0.2) is 64.9 Å². The van der Waals surface area contributed by atoms with Gasteiger partial charge >= 0.3 is 0 Å². The molecule has 1 atom stereocenters. The standard InChI is InChI=1S/C20H24N2O4S2/c1-17-6-5-14-22(16-17)28(25,26)20-11-9-19(10-12-20)21-27(23,24)15-13-18-7-3-2-4-8-18/h2-4,7-13,15,17,21H,5-6,14,16H2,1H3. The van der Waals surface area contributed by atoms with Gasteiger partial charge in [-0.15, -0.1) is 0 Å². The van der Waals surface area contributed by atoms with Gasteiger partial charge in [0.25, 0.3) is 10.0 Å². The first-order valence-corrected chi connectivity index (χ1v) is 12.1. The fraction of sp³-hybridized carbons (Fsp3) is 0.300. The molecule has 1 N–H and O–H groups in total. The summed E-state index contributed by atoms with van der Waals surface area (Å²) >= 11 is 0. The van der Waals surface area contributed by atoms with E-state index in [-0.39, 0.29) is 4.90 Å². The highest BCUT2D eigenvalue weighted by Crippen LogP contribution is 2.24. The Hall–Kier alpha value is -2.16. The third-order valence-corrected chi connectivity index (χ3v) is 7.51. The van der Waals surface area contributed by atoms with Gasteiger partial charge in [-0.05, 0) is 54.7 Å². The normalized spacial score (nSPS) is 19.0. The lowest BCUT2D eigenvalue weighted by atomic mass is 10.0. The molecule has 6 nitrogen and oxygen atoms in total.